The highest BCUT2D eigenvalue weighted by Gasteiger charge is 2.46. The van der Waals surface area contributed by atoms with E-state index in [1.807, 2.05) is 26.8 Å². The quantitative estimate of drug-likeness (QED) is 0.300. The van der Waals surface area contributed by atoms with Crippen LogP contribution in [0, 0.1) is 17.2 Å². The van der Waals surface area contributed by atoms with Gasteiger partial charge >= 0.3 is 0 Å². The van der Waals surface area contributed by atoms with Crippen molar-refractivity contribution in [2.75, 3.05) is 62.2 Å². The van der Waals surface area contributed by atoms with Crippen LogP contribution in [0.5, 0.6) is 11.6 Å². The van der Waals surface area contributed by atoms with Gasteiger partial charge in [-0.3, -0.25) is 4.79 Å². The lowest BCUT2D eigenvalue weighted by molar-refractivity contribution is 0.0640. The number of nitrogens with zero attached hydrogens (tertiary/aromatic N) is 9. The molecule has 0 atom stereocenters. The summed E-state index contributed by atoms with van der Waals surface area (Å²) in [7, 11) is 0. The Morgan fingerprint density at radius 1 is 1.07 bits per heavy atom. The van der Waals surface area contributed by atoms with E-state index in [0.29, 0.717) is 23.4 Å². The van der Waals surface area contributed by atoms with Crippen LogP contribution in [-0.2, 0) is 0 Å². The molecule has 0 radical (unpaired) electrons. The summed E-state index contributed by atoms with van der Waals surface area (Å²) >= 11 is 6.06. The van der Waals surface area contributed by atoms with Gasteiger partial charge in [-0.2, -0.15) is 0 Å². The van der Waals surface area contributed by atoms with E-state index in [1.165, 1.54) is 30.9 Å². The zero-order valence-corrected chi connectivity index (χ0v) is 27.0. The number of piperidine rings is 2. The molecular weight excluding hydrogens is 597 g/mol. The number of halogens is 2. The van der Waals surface area contributed by atoms with E-state index in [0.717, 1.165) is 77.3 Å². The number of benzene rings is 1. The second-order valence-electron chi connectivity index (χ2n) is 12.8. The summed E-state index contributed by atoms with van der Waals surface area (Å²) in [5.74, 6) is 1.84. The molecule has 0 N–H and O–H groups in total. The van der Waals surface area contributed by atoms with Crippen LogP contribution in [0.2, 0.25) is 5.15 Å². The first-order valence-corrected chi connectivity index (χ1v) is 16.3. The number of carbonyl (C=O) groups is 1. The van der Waals surface area contributed by atoms with E-state index in [2.05, 4.69) is 39.8 Å². The number of ether oxygens (including phenoxy) is 1. The summed E-state index contributed by atoms with van der Waals surface area (Å²) in [6.45, 7) is 13.3. The molecule has 3 fully saturated rings. The molecule has 6 rings (SSSR count). The molecule has 3 aliphatic heterocycles. The Bertz CT molecular complexity index is 1490. The monoisotopic (exact) mass is 637 g/mol. The Labute approximate surface area is 268 Å². The Kier molecular flexibility index (Phi) is 9.32. The van der Waals surface area contributed by atoms with Gasteiger partial charge in [0.15, 0.2) is 5.82 Å². The van der Waals surface area contributed by atoms with Gasteiger partial charge in [0.2, 0.25) is 0 Å². The highest BCUT2D eigenvalue weighted by molar-refractivity contribution is 6.29. The molecule has 1 aromatic carbocycles. The molecule has 13 heteroatoms. The fourth-order valence-corrected chi connectivity index (χ4v) is 7.09. The Morgan fingerprint density at radius 3 is 2.51 bits per heavy atom. The third-order valence-electron chi connectivity index (χ3n) is 9.52. The zero-order valence-electron chi connectivity index (χ0n) is 26.2. The van der Waals surface area contributed by atoms with Gasteiger partial charge < -0.3 is 24.3 Å². The standard InChI is InChI=1S/C32H41ClFN9O2/c1-4-43(22(2)3)31(44)25-15-24(34)5-6-26(25)45-30-29(37-21-38-39-30)42-18-32(19-42)9-13-40(14-10-32)17-23-7-11-41(12-8-23)28-16-27(33)35-20-36-28/h5-6,15-16,20-23H,4,7-14,17-19H2,1-3H3. The van der Waals surface area contributed by atoms with Crippen LogP contribution < -0.4 is 14.5 Å². The Balaban J connectivity index is 1.03. The van der Waals surface area contributed by atoms with Gasteiger partial charge in [-0.05, 0) is 83.7 Å². The van der Waals surface area contributed by atoms with Crippen molar-refractivity contribution in [1.82, 2.24) is 34.9 Å². The van der Waals surface area contributed by atoms with Gasteiger partial charge in [0, 0.05) is 56.8 Å². The highest BCUT2D eigenvalue weighted by atomic mass is 35.5. The lowest BCUT2D eigenvalue weighted by atomic mass is 9.72. The average Bonchev–Trinajstić information content (AvgIpc) is 3.02. The van der Waals surface area contributed by atoms with Crippen molar-refractivity contribution >= 4 is 29.1 Å². The first-order valence-electron chi connectivity index (χ1n) is 15.9. The molecule has 0 aliphatic carbocycles. The predicted octanol–water partition coefficient (Wildman–Crippen LogP) is 4.94. The molecule has 3 aromatic rings. The highest BCUT2D eigenvalue weighted by Crippen LogP contribution is 2.44. The third-order valence-corrected chi connectivity index (χ3v) is 9.72. The normalized spacial score (nSPS) is 18.7. The van der Waals surface area contributed by atoms with Gasteiger partial charge in [0.1, 0.15) is 35.2 Å². The molecule has 1 spiro atoms. The minimum atomic E-state index is -0.503. The summed E-state index contributed by atoms with van der Waals surface area (Å²) in [6, 6.07) is 5.77. The molecule has 2 aromatic heterocycles. The van der Waals surface area contributed by atoms with Gasteiger partial charge in [0.25, 0.3) is 11.8 Å². The van der Waals surface area contributed by atoms with Crippen LogP contribution in [0.25, 0.3) is 0 Å². The smallest absolute Gasteiger partial charge is 0.282 e. The first-order chi connectivity index (χ1) is 21.7. The van der Waals surface area contributed by atoms with Crippen molar-refractivity contribution < 1.29 is 13.9 Å². The number of anilines is 2. The molecule has 45 heavy (non-hydrogen) atoms. The molecule has 240 valence electrons. The van der Waals surface area contributed by atoms with Gasteiger partial charge in [-0.15, -0.1) is 10.2 Å². The minimum absolute atomic E-state index is 0.0423. The summed E-state index contributed by atoms with van der Waals surface area (Å²) in [5.41, 5.74) is 0.392. The fraction of sp³-hybridized carbons (Fsp3) is 0.562. The van der Waals surface area contributed by atoms with Crippen molar-refractivity contribution in [3.63, 3.8) is 0 Å². The maximum atomic E-state index is 14.3. The summed E-state index contributed by atoms with van der Waals surface area (Å²) in [5, 5.41) is 8.65. The van der Waals surface area contributed by atoms with E-state index < -0.39 is 5.82 Å². The van der Waals surface area contributed by atoms with E-state index in [9.17, 15) is 9.18 Å². The molecule has 5 heterocycles. The van der Waals surface area contributed by atoms with Crippen molar-refractivity contribution in [1.29, 1.82) is 0 Å². The molecule has 0 unspecified atom stereocenters. The van der Waals surface area contributed by atoms with Crippen molar-refractivity contribution in [2.24, 2.45) is 11.3 Å². The van der Waals surface area contributed by atoms with Gasteiger partial charge in [-0.25, -0.2) is 19.3 Å². The summed E-state index contributed by atoms with van der Waals surface area (Å²) in [6.07, 6.45) is 7.51. The second-order valence-corrected chi connectivity index (χ2v) is 13.2. The summed E-state index contributed by atoms with van der Waals surface area (Å²) in [4.78, 5) is 35.0. The number of carbonyl (C=O) groups excluding carboxylic acids is 1. The predicted molar refractivity (Wildman–Crippen MR) is 170 cm³/mol. The van der Waals surface area contributed by atoms with Crippen LogP contribution >= 0.6 is 11.6 Å². The zero-order chi connectivity index (χ0) is 31.6. The van der Waals surface area contributed by atoms with E-state index in [1.54, 1.807) is 4.90 Å². The molecule has 0 saturated carbocycles. The second kappa shape index (κ2) is 13.4. The van der Waals surface area contributed by atoms with Gasteiger partial charge in [-0.1, -0.05) is 11.6 Å². The number of hydrogen-bond donors (Lipinski definition) is 0. The lowest BCUT2D eigenvalue weighted by Crippen LogP contribution is -2.61. The topological polar surface area (TPSA) is 104 Å². The van der Waals surface area contributed by atoms with Crippen molar-refractivity contribution in [3.05, 3.63) is 53.5 Å². The van der Waals surface area contributed by atoms with Crippen LogP contribution in [0.1, 0.15) is 56.8 Å². The third kappa shape index (κ3) is 6.96. The van der Waals surface area contributed by atoms with Crippen LogP contribution in [0.3, 0.4) is 0 Å². The molecule has 1 amide bonds. The van der Waals surface area contributed by atoms with Crippen molar-refractivity contribution in [3.8, 4) is 11.6 Å². The SMILES string of the molecule is CCN(C(=O)c1cc(F)ccc1Oc1nncnc1N1CC2(CCN(CC3CCN(c4cc(Cl)ncn4)CC3)CC2)C1)C(C)C. The number of amides is 1. The van der Waals surface area contributed by atoms with Gasteiger partial charge in [0.05, 0.1) is 5.56 Å². The summed E-state index contributed by atoms with van der Waals surface area (Å²) < 4.78 is 20.4. The fourth-order valence-electron chi connectivity index (χ4n) is 6.95. The molecule has 3 saturated heterocycles. The Hall–Kier alpha value is -3.64. The maximum absolute atomic E-state index is 14.3. The number of likely N-dealkylation sites (tertiary alicyclic amines) is 1. The molecule has 11 nitrogen and oxygen atoms in total. The van der Waals surface area contributed by atoms with Crippen LogP contribution in [0.4, 0.5) is 16.0 Å². The number of hydrogen-bond acceptors (Lipinski definition) is 10. The largest absolute Gasteiger partial charge is 0.434 e. The molecular formula is C32H41ClFN9O2. The minimum Gasteiger partial charge on any atom is -0.434 e. The first kappa shape index (κ1) is 31.3. The number of aromatic nitrogens is 5. The van der Waals surface area contributed by atoms with E-state index in [4.69, 9.17) is 16.3 Å². The molecule has 3 aliphatic rings. The van der Waals surface area contributed by atoms with Crippen LogP contribution in [-0.4, -0.2) is 99.3 Å². The molecule has 0 bridgehead atoms. The van der Waals surface area contributed by atoms with E-state index >= 15 is 0 Å². The number of rotatable bonds is 9. The lowest BCUT2D eigenvalue weighted by Gasteiger charge is -2.54. The van der Waals surface area contributed by atoms with Crippen LogP contribution in [0.15, 0.2) is 36.9 Å². The van der Waals surface area contributed by atoms with Crippen molar-refractivity contribution in [2.45, 2.75) is 52.5 Å². The maximum Gasteiger partial charge on any atom is 0.282 e. The average molecular weight is 638 g/mol. The Morgan fingerprint density at radius 2 is 1.82 bits per heavy atom. The van der Waals surface area contributed by atoms with E-state index in [-0.39, 0.29) is 34.6 Å².